The molecule has 0 saturated carbocycles. The number of benzene rings is 2. The molecule has 0 bridgehead atoms. The Hall–Kier alpha value is -1.99. The summed E-state index contributed by atoms with van der Waals surface area (Å²) in [6.45, 7) is 1.41. The summed E-state index contributed by atoms with van der Waals surface area (Å²) in [6.07, 6.45) is 0. The van der Waals surface area contributed by atoms with Crippen molar-refractivity contribution < 1.29 is 9.69 Å². The number of hydrogen-bond acceptors (Lipinski definition) is 4. The van der Waals surface area contributed by atoms with Crippen LogP contribution < -0.4 is 9.80 Å². The molecule has 0 spiro atoms. The van der Waals surface area contributed by atoms with Gasteiger partial charge in [-0.25, -0.2) is 4.98 Å². The van der Waals surface area contributed by atoms with Crippen LogP contribution in [0.15, 0.2) is 48.5 Å². The Kier molecular flexibility index (Phi) is 5.14. The van der Waals surface area contributed by atoms with Crippen molar-refractivity contribution >= 4 is 65.6 Å². The number of rotatable bonds is 5. The molecule has 1 amide bonds. The molecule has 138 valence electrons. The Morgan fingerprint density at radius 1 is 1.07 bits per heavy atom. The van der Waals surface area contributed by atoms with E-state index in [1.165, 1.54) is 27.6 Å². The van der Waals surface area contributed by atoms with Gasteiger partial charge in [0.05, 0.1) is 42.4 Å². The quantitative estimate of drug-likeness (QED) is 0.534. The fourth-order valence-corrected chi connectivity index (χ4v) is 5.32. The number of likely N-dealkylation sites (N-methyl/N-ethyl adjacent to an activating group) is 1. The Morgan fingerprint density at radius 2 is 1.78 bits per heavy atom. The number of amides is 1. The number of nitrogens with one attached hydrogen (secondary N) is 1. The molecule has 0 fully saturated rings. The molecule has 0 aliphatic carbocycles. The minimum absolute atomic E-state index is 0.0819. The number of para-hydroxylation sites is 1. The Morgan fingerprint density at radius 3 is 2.48 bits per heavy atom. The van der Waals surface area contributed by atoms with Gasteiger partial charge in [-0.2, -0.15) is 0 Å². The van der Waals surface area contributed by atoms with Crippen LogP contribution in [0.2, 0.25) is 5.02 Å². The fourth-order valence-electron chi connectivity index (χ4n) is 2.87. The largest absolute Gasteiger partial charge is 0.338 e. The van der Waals surface area contributed by atoms with Crippen LogP contribution in [0.4, 0.5) is 5.13 Å². The van der Waals surface area contributed by atoms with E-state index in [2.05, 4.69) is 14.1 Å². The Bertz CT molecular complexity index is 1090. The topological polar surface area (TPSA) is 37.6 Å². The molecule has 4 nitrogen and oxygen atoms in total. The van der Waals surface area contributed by atoms with E-state index in [1.54, 1.807) is 4.90 Å². The SMILES string of the molecule is C[NH+](C)CCN(C(=O)c1sc2ccccc2c1Cl)c1nc2ccccc2s1. The van der Waals surface area contributed by atoms with E-state index in [0.717, 1.165) is 32.0 Å². The fraction of sp³-hybridized carbons (Fsp3) is 0.200. The van der Waals surface area contributed by atoms with Crippen LogP contribution >= 0.6 is 34.3 Å². The Balaban J connectivity index is 1.77. The van der Waals surface area contributed by atoms with Gasteiger partial charge < -0.3 is 4.90 Å². The average Bonchev–Trinajstić information content (AvgIpc) is 3.23. The zero-order valence-electron chi connectivity index (χ0n) is 15.0. The number of anilines is 1. The normalized spacial score (nSPS) is 11.6. The molecule has 1 N–H and O–H groups in total. The van der Waals surface area contributed by atoms with Gasteiger partial charge >= 0.3 is 0 Å². The van der Waals surface area contributed by atoms with Crippen LogP contribution in [0.3, 0.4) is 0 Å². The molecule has 7 heteroatoms. The van der Waals surface area contributed by atoms with Crippen molar-refractivity contribution in [2.75, 3.05) is 32.1 Å². The van der Waals surface area contributed by atoms with Gasteiger partial charge in [0, 0.05) is 10.1 Å². The third-order valence-corrected chi connectivity index (χ3v) is 7.05. The second-order valence-electron chi connectivity index (χ2n) is 6.62. The predicted octanol–water partition coefficient (Wildman–Crippen LogP) is 3.96. The van der Waals surface area contributed by atoms with Crippen LogP contribution in [0, 0.1) is 0 Å². The number of thiophene rings is 1. The number of carbonyl (C=O) groups excluding carboxylic acids is 1. The summed E-state index contributed by atoms with van der Waals surface area (Å²) in [5.41, 5.74) is 0.912. The van der Waals surface area contributed by atoms with Crippen LogP contribution in [0.5, 0.6) is 0 Å². The first-order valence-corrected chi connectivity index (χ1v) is 10.7. The summed E-state index contributed by atoms with van der Waals surface area (Å²) in [4.78, 5) is 21.8. The molecule has 4 aromatic rings. The number of aromatic nitrogens is 1. The number of halogens is 1. The summed E-state index contributed by atoms with van der Waals surface area (Å²) in [5.74, 6) is -0.0819. The summed E-state index contributed by atoms with van der Waals surface area (Å²) in [7, 11) is 4.15. The molecule has 0 atom stereocenters. The lowest BCUT2D eigenvalue weighted by molar-refractivity contribution is -0.856. The number of thiazole rings is 1. The first-order valence-electron chi connectivity index (χ1n) is 8.68. The van der Waals surface area contributed by atoms with E-state index in [4.69, 9.17) is 16.6 Å². The van der Waals surface area contributed by atoms with Crippen molar-refractivity contribution in [3.05, 3.63) is 58.4 Å². The van der Waals surface area contributed by atoms with Crippen LogP contribution in [-0.2, 0) is 0 Å². The zero-order valence-corrected chi connectivity index (χ0v) is 17.4. The van der Waals surface area contributed by atoms with Crippen LogP contribution in [0.1, 0.15) is 9.67 Å². The highest BCUT2D eigenvalue weighted by molar-refractivity contribution is 7.23. The Labute approximate surface area is 170 Å². The second-order valence-corrected chi connectivity index (χ2v) is 9.06. The zero-order chi connectivity index (χ0) is 19.0. The standard InChI is InChI=1S/C20H18ClN3OS2/c1-23(2)11-12-24(20-22-14-8-4-6-10-16(14)27-20)19(25)18-17(21)13-7-3-5-9-15(13)26-18/h3-10H,11-12H2,1-2H3/p+1. The molecule has 2 aromatic heterocycles. The van der Waals surface area contributed by atoms with E-state index in [1.807, 2.05) is 48.5 Å². The number of nitrogens with zero attached hydrogens (tertiary/aromatic N) is 2. The van der Waals surface area contributed by atoms with Crippen LogP contribution in [-0.4, -0.2) is 38.1 Å². The molecule has 0 radical (unpaired) electrons. The first kappa shape index (κ1) is 18.4. The van der Waals surface area contributed by atoms with Crippen molar-refractivity contribution in [3.8, 4) is 0 Å². The highest BCUT2D eigenvalue weighted by Crippen LogP contribution is 2.37. The van der Waals surface area contributed by atoms with E-state index in [-0.39, 0.29) is 5.91 Å². The molecule has 0 unspecified atom stereocenters. The first-order chi connectivity index (χ1) is 13.0. The lowest BCUT2D eigenvalue weighted by Gasteiger charge is -2.20. The molecular weight excluding hydrogens is 398 g/mol. The van der Waals surface area contributed by atoms with Gasteiger partial charge in [0.25, 0.3) is 5.91 Å². The average molecular weight is 417 g/mol. The second kappa shape index (κ2) is 7.56. The molecule has 2 heterocycles. The minimum Gasteiger partial charge on any atom is -0.338 e. The van der Waals surface area contributed by atoms with Gasteiger partial charge in [-0.1, -0.05) is 53.3 Å². The van der Waals surface area contributed by atoms with Gasteiger partial charge in [-0.05, 0) is 18.2 Å². The summed E-state index contributed by atoms with van der Waals surface area (Å²) < 4.78 is 2.10. The molecule has 0 aliphatic rings. The minimum atomic E-state index is -0.0819. The molecule has 0 aliphatic heterocycles. The predicted molar refractivity (Wildman–Crippen MR) is 116 cm³/mol. The summed E-state index contributed by atoms with van der Waals surface area (Å²) in [5, 5.41) is 2.18. The number of fused-ring (bicyclic) bond motifs is 2. The van der Waals surface area contributed by atoms with Gasteiger partial charge in [-0.15, -0.1) is 11.3 Å². The van der Waals surface area contributed by atoms with Crippen molar-refractivity contribution in [2.24, 2.45) is 0 Å². The van der Waals surface area contributed by atoms with Gasteiger partial charge in [0.1, 0.15) is 4.88 Å². The van der Waals surface area contributed by atoms with Gasteiger partial charge in [-0.3, -0.25) is 9.69 Å². The number of hydrogen-bond donors (Lipinski definition) is 1. The highest BCUT2D eigenvalue weighted by atomic mass is 35.5. The molecule has 4 rings (SSSR count). The third-order valence-electron chi connectivity index (χ3n) is 4.32. The molecular formula is C20H19ClN3OS2+. The maximum atomic E-state index is 13.4. The summed E-state index contributed by atoms with van der Waals surface area (Å²) in [6, 6.07) is 15.8. The van der Waals surface area contributed by atoms with Crippen LogP contribution in [0.25, 0.3) is 20.3 Å². The van der Waals surface area contributed by atoms with Gasteiger partial charge in [0.2, 0.25) is 0 Å². The summed E-state index contributed by atoms with van der Waals surface area (Å²) >= 11 is 9.55. The smallest absolute Gasteiger partial charge is 0.271 e. The third kappa shape index (κ3) is 3.58. The molecule has 27 heavy (non-hydrogen) atoms. The van der Waals surface area contributed by atoms with Crippen molar-refractivity contribution in [2.45, 2.75) is 0 Å². The maximum Gasteiger partial charge on any atom is 0.271 e. The van der Waals surface area contributed by atoms with Gasteiger partial charge in [0.15, 0.2) is 5.13 Å². The number of carbonyl (C=O) groups is 1. The lowest BCUT2D eigenvalue weighted by atomic mass is 10.2. The van der Waals surface area contributed by atoms with Crippen molar-refractivity contribution in [1.29, 1.82) is 0 Å². The van der Waals surface area contributed by atoms with Crippen molar-refractivity contribution in [1.82, 2.24) is 4.98 Å². The molecule has 0 saturated heterocycles. The van der Waals surface area contributed by atoms with E-state index >= 15 is 0 Å². The molecule has 2 aromatic carbocycles. The maximum absolute atomic E-state index is 13.4. The van der Waals surface area contributed by atoms with E-state index in [9.17, 15) is 4.79 Å². The highest BCUT2D eigenvalue weighted by Gasteiger charge is 2.26. The van der Waals surface area contributed by atoms with E-state index < -0.39 is 0 Å². The van der Waals surface area contributed by atoms with E-state index in [0.29, 0.717) is 16.4 Å². The number of quaternary nitrogens is 1. The lowest BCUT2D eigenvalue weighted by Crippen LogP contribution is -3.06. The van der Waals surface area contributed by atoms with Crippen molar-refractivity contribution in [3.63, 3.8) is 0 Å². The monoisotopic (exact) mass is 416 g/mol.